The number of hydrogen-bond donors (Lipinski definition) is 1. The van der Waals surface area contributed by atoms with Crippen molar-refractivity contribution in [2.45, 2.75) is 12.8 Å². The van der Waals surface area contributed by atoms with E-state index in [0.29, 0.717) is 36.8 Å². The molecule has 1 fully saturated rings. The van der Waals surface area contributed by atoms with Gasteiger partial charge in [0.2, 0.25) is 5.91 Å². The molecule has 100 valence electrons. The Kier molecular flexibility index (Phi) is 4.46. The van der Waals surface area contributed by atoms with Crippen molar-refractivity contribution in [1.82, 2.24) is 0 Å². The number of carbonyl (C=O) groups excluding carboxylic acids is 1. The fourth-order valence-electron chi connectivity index (χ4n) is 1.94. The first kappa shape index (κ1) is 14.3. The van der Waals surface area contributed by atoms with E-state index in [4.69, 9.17) is 16.3 Å². The van der Waals surface area contributed by atoms with Crippen LogP contribution in [0.2, 0.25) is 5.02 Å². The molecule has 1 saturated heterocycles. The molecule has 1 aromatic carbocycles. The van der Waals surface area contributed by atoms with E-state index in [1.165, 1.54) is 0 Å². The van der Waals surface area contributed by atoms with Crippen LogP contribution in [0.15, 0.2) is 22.7 Å². The summed E-state index contributed by atoms with van der Waals surface area (Å²) in [7, 11) is 0. The Bertz CT molecular complexity index is 536. The Labute approximate surface area is 124 Å². The van der Waals surface area contributed by atoms with Gasteiger partial charge in [-0.15, -0.1) is 0 Å². The Hall–Kier alpha value is -1.09. The molecule has 19 heavy (non-hydrogen) atoms. The maximum atomic E-state index is 12.3. The number of halogens is 2. The van der Waals surface area contributed by atoms with Gasteiger partial charge in [0.25, 0.3) is 0 Å². The molecule has 1 amide bonds. The molecular formula is C13H12BrClN2O2. The van der Waals surface area contributed by atoms with Gasteiger partial charge in [-0.2, -0.15) is 5.26 Å². The summed E-state index contributed by atoms with van der Waals surface area (Å²) in [4.78, 5) is 12.3. The second-order valence-corrected chi connectivity index (χ2v) is 5.71. The lowest BCUT2D eigenvalue weighted by Crippen LogP contribution is -2.40. The van der Waals surface area contributed by atoms with Gasteiger partial charge in [-0.1, -0.05) is 27.5 Å². The van der Waals surface area contributed by atoms with Crippen LogP contribution in [0.25, 0.3) is 0 Å². The zero-order valence-corrected chi connectivity index (χ0v) is 12.4. The second-order valence-electron chi connectivity index (χ2n) is 4.38. The molecule has 0 bridgehead atoms. The average molecular weight is 344 g/mol. The summed E-state index contributed by atoms with van der Waals surface area (Å²) in [6.07, 6.45) is 0.807. The molecule has 2 rings (SSSR count). The third-order valence-electron chi connectivity index (χ3n) is 3.17. The third-order valence-corrected chi connectivity index (χ3v) is 3.99. The number of nitrogens with one attached hydrogen (secondary N) is 1. The van der Waals surface area contributed by atoms with Gasteiger partial charge >= 0.3 is 0 Å². The maximum Gasteiger partial charge on any atom is 0.245 e. The fraction of sp³-hybridized carbons (Fsp3) is 0.385. The zero-order valence-electron chi connectivity index (χ0n) is 10.1. The lowest BCUT2D eigenvalue weighted by molar-refractivity contribution is -0.126. The van der Waals surface area contributed by atoms with Gasteiger partial charge in [0.1, 0.15) is 5.41 Å². The number of carbonyl (C=O) groups is 1. The summed E-state index contributed by atoms with van der Waals surface area (Å²) < 4.78 is 6.02. The molecule has 0 aliphatic carbocycles. The van der Waals surface area contributed by atoms with E-state index >= 15 is 0 Å². The summed E-state index contributed by atoms with van der Waals surface area (Å²) >= 11 is 9.34. The van der Waals surface area contributed by atoms with Crippen molar-refractivity contribution >= 4 is 39.1 Å². The topological polar surface area (TPSA) is 62.1 Å². The van der Waals surface area contributed by atoms with Crippen LogP contribution in [0, 0.1) is 16.7 Å². The van der Waals surface area contributed by atoms with Crippen LogP contribution in [0.5, 0.6) is 0 Å². The van der Waals surface area contributed by atoms with Crippen LogP contribution in [0.3, 0.4) is 0 Å². The van der Waals surface area contributed by atoms with Gasteiger partial charge in [-0.05, 0) is 31.0 Å². The van der Waals surface area contributed by atoms with E-state index in [1.807, 2.05) is 0 Å². The zero-order chi connectivity index (χ0) is 13.9. The molecule has 0 saturated carbocycles. The lowest BCUT2D eigenvalue weighted by Gasteiger charge is -2.29. The largest absolute Gasteiger partial charge is 0.381 e. The third kappa shape index (κ3) is 3.08. The van der Waals surface area contributed by atoms with E-state index < -0.39 is 5.41 Å². The van der Waals surface area contributed by atoms with Gasteiger partial charge < -0.3 is 10.1 Å². The molecule has 0 atom stereocenters. The number of anilines is 1. The normalized spacial score (nSPS) is 17.5. The van der Waals surface area contributed by atoms with E-state index in [2.05, 4.69) is 27.3 Å². The number of nitrogens with zero attached hydrogens (tertiary/aromatic N) is 1. The van der Waals surface area contributed by atoms with Crippen LogP contribution < -0.4 is 5.32 Å². The van der Waals surface area contributed by atoms with Crippen LogP contribution in [-0.4, -0.2) is 19.1 Å². The van der Waals surface area contributed by atoms with Crippen molar-refractivity contribution in [1.29, 1.82) is 5.26 Å². The highest BCUT2D eigenvalue weighted by atomic mass is 79.9. The molecule has 6 heteroatoms. The van der Waals surface area contributed by atoms with Gasteiger partial charge in [0, 0.05) is 17.7 Å². The predicted molar refractivity (Wildman–Crippen MR) is 75.9 cm³/mol. The highest BCUT2D eigenvalue weighted by Gasteiger charge is 2.40. The number of rotatable bonds is 2. The molecule has 0 aromatic heterocycles. The summed E-state index contributed by atoms with van der Waals surface area (Å²) in [5.41, 5.74) is -0.522. The van der Waals surface area contributed by atoms with Gasteiger partial charge in [-0.25, -0.2) is 0 Å². The van der Waals surface area contributed by atoms with Crippen LogP contribution in [0.1, 0.15) is 12.8 Å². The quantitative estimate of drug-likeness (QED) is 0.895. The Morgan fingerprint density at radius 1 is 1.47 bits per heavy atom. The summed E-state index contributed by atoms with van der Waals surface area (Å²) in [5, 5.41) is 12.5. The Morgan fingerprint density at radius 2 is 2.16 bits per heavy atom. The minimum absolute atomic E-state index is 0.321. The molecule has 1 heterocycles. The molecule has 0 radical (unpaired) electrons. The van der Waals surface area contributed by atoms with Crippen molar-refractivity contribution < 1.29 is 9.53 Å². The minimum atomic E-state index is -1.02. The number of amides is 1. The van der Waals surface area contributed by atoms with Crippen LogP contribution >= 0.6 is 27.5 Å². The Balaban J connectivity index is 2.20. The fourth-order valence-corrected chi connectivity index (χ4v) is 2.47. The van der Waals surface area contributed by atoms with E-state index in [0.717, 1.165) is 4.47 Å². The summed E-state index contributed by atoms with van der Waals surface area (Å²) in [6, 6.07) is 7.31. The van der Waals surface area contributed by atoms with Crippen LogP contribution in [-0.2, 0) is 9.53 Å². The predicted octanol–water partition coefficient (Wildman–Crippen LogP) is 3.36. The van der Waals surface area contributed by atoms with Crippen molar-refractivity contribution in [3.8, 4) is 6.07 Å². The van der Waals surface area contributed by atoms with Gasteiger partial charge in [-0.3, -0.25) is 4.79 Å². The molecule has 1 aromatic rings. The first-order valence-electron chi connectivity index (χ1n) is 5.83. The molecule has 1 aliphatic heterocycles. The highest BCUT2D eigenvalue weighted by Crippen LogP contribution is 2.33. The maximum absolute atomic E-state index is 12.3. The van der Waals surface area contributed by atoms with E-state index in [-0.39, 0.29) is 5.91 Å². The van der Waals surface area contributed by atoms with Crippen molar-refractivity contribution in [3.05, 3.63) is 27.7 Å². The first-order valence-corrected chi connectivity index (χ1v) is 7.00. The van der Waals surface area contributed by atoms with Crippen molar-refractivity contribution in [3.63, 3.8) is 0 Å². The number of benzene rings is 1. The molecule has 4 nitrogen and oxygen atoms in total. The SMILES string of the molecule is N#CC1(C(=O)Nc2cc(Br)ccc2Cl)CCOCC1. The Morgan fingerprint density at radius 3 is 2.79 bits per heavy atom. The minimum Gasteiger partial charge on any atom is -0.381 e. The number of nitriles is 1. The monoisotopic (exact) mass is 342 g/mol. The molecular weight excluding hydrogens is 332 g/mol. The molecule has 0 unspecified atom stereocenters. The average Bonchev–Trinajstić information content (AvgIpc) is 2.43. The van der Waals surface area contributed by atoms with E-state index in [1.54, 1.807) is 18.2 Å². The summed E-state index contributed by atoms with van der Waals surface area (Å²) in [5.74, 6) is -0.321. The first-order chi connectivity index (χ1) is 9.07. The van der Waals surface area contributed by atoms with E-state index in [9.17, 15) is 10.1 Å². The molecule has 1 N–H and O–H groups in total. The van der Waals surface area contributed by atoms with Crippen molar-refractivity contribution in [2.75, 3.05) is 18.5 Å². The lowest BCUT2D eigenvalue weighted by atomic mass is 9.81. The van der Waals surface area contributed by atoms with Gasteiger partial charge in [0.15, 0.2) is 0 Å². The number of ether oxygens (including phenoxy) is 1. The van der Waals surface area contributed by atoms with Crippen molar-refractivity contribution in [2.24, 2.45) is 5.41 Å². The van der Waals surface area contributed by atoms with Crippen LogP contribution in [0.4, 0.5) is 5.69 Å². The number of hydrogen-bond acceptors (Lipinski definition) is 3. The smallest absolute Gasteiger partial charge is 0.245 e. The molecule has 1 aliphatic rings. The van der Waals surface area contributed by atoms with Gasteiger partial charge in [0.05, 0.1) is 16.8 Å². The second kappa shape index (κ2) is 5.91. The standard InChI is InChI=1S/C13H12BrClN2O2/c14-9-1-2-10(15)11(7-9)17-12(18)13(8-16)3-5-19-6-4-13/h1-2,7H,3-6H2,(H,17,18). The molecule has 0 spiro atoms. The summed E-state index contributed by atoms with van der Waals surface area (Å²) in [6.45, 7) is 0.848. The highest BCUT2D eigenvalue weighted by molar-refractivity contribution is 9.10.